The topological polar surface area (TPSA) is 214 Å². The van der Waals surface area contributed by atoms with E-state index in [1.165, 1.54) is 6.92 Å². The molecule has 184 valence electrons. The van der Waals surface area contributed by atoms with Gasteiger partial charge in [0.15, 0.2) is 0 Å². The summed E-state index contributed by atoms with van der Waals surface area (Å²) in [5, 5.41) is 26.5. The van der Waals surface area contributed by atoms with E-state index >= 15 is 0 Å². The summed E-state index contributed by atoms with van der Waals surface area (Å²) < 4.78 is 0. The number of carboxylic acid groups (broad SMARTS) is 1. The van der Waals surface area contributed by atoms with Gasteiger partial charge in [-0.1, -0.05) is 34.1 Å². The summed E-state index contributed by atoms with van der Waals surface area (Å²) in [5.74, 6) is -4.84. The Morgan fingerprint density at radius 3 is 1.78 bits per heavy atom. The predicted molar refractivity (Wildman–Crippen MR) is 116 cm³/mol. The zero-order valence-electron chi connectivity index (χ0n) is 19.3. The van der Waals surface area contributed by atoms with Crippen LogP contribution >= 0.6 is 0 Å². The molecule has 0 fully saturated rings. The first-order valence-electron chi connectivity index (χ1n) is 10.6. The SMILES string of the molecule is CC[C@H](C)[C@H](NC(=O)[C@@H](N)CC(N)=O)C(=O)N[C@H](C(=O)N[C@@H](CC(C)C)C(=O)O)[C@@H](C)O. The number of aliphatic hydroxyl groups excluding tert-OH is 1. The first-order chi connectivity index (χ1) is 14.7. The number of hydrogen-bond donors (Lipinski definition) is 7. The highest BCUT2D eigenvalue weighted by Crippen LogP contribution is 2.10. The number of primary amides is 1. The van der Waals surface area contributed by atoms with Crippen molar-refractivity contribution in [2.45, 2.75) is 84.2 Å². The second-order valence-corrected chi connectivity index (χ2v) is 8.40. The summed E-state index contributed by atoms with van der Waals surface area (Å²) >= 11 is 0. The van der Waals surface area contributed by atoms with Crippen molar-refractivity contribution in [3.63, 3.8) is 0 Å². The van der Waals surface area contributed by atoms with Gasteiger partial charge in [0.25, 0.3) is 0 Å². The molecule has 0 heterocycles. The lowest BCUT2D eigenvalue weighted by Gasteiger charge is -2.29. The van der Waals surface area contributed by atoms with E-state index in [4.69, 9.17) is 11.5 Å². The molecule has 0 rings (SSSR count). The van der Waals surface area contributed by atoms with Crippen LogP contribution in [0.25, 0.3) is 0 Å². The van der Waals surface area contributed by atoms with E-state index < -0.39 is 66.3 Å². The summed E-state index contributed by atoms with van der Waals surface area (Å²) in [5.41, 5.74) is 10.7. The number of rotatable bonds is 14. The fourth-order valence-electron chi connectivity index (χ4n) is 2.87. The molecule has 4 amide bonds. The number of carbonyl (C=O) groups excluding carboxylic acids is 4. The molecule has 0 saturated carbocycles. The Kier molecular flexibility index (Phi) is 12.5. The summed E-state index contributed by atoms with van der Waals surface area (Å²) in [4.78, 5) is 60.2. The number of nitrogens with one attached hydrogen (secondary N) is 3. The van der Waals surface area contributed by atoms with Crippen LogP contribution in [0.4, 0.5) is 0 Å². The van der Waals surface area contributed by atoms with Crippen LogP contribution in [-0.2, 0) is 24.0 Å². The minimum Gasteiger partial charge on any atom is -0.480 e. The molecular formula is C20H37N5O7. The Labute approximate surface area is 187 Å². The third kappa shape index (κ3) is 10.1. The Balaban J connectivity index is 5.49. The highest BCUT2D eigenvalue weighted by Gasteiger charge is 2.34. The van der Waals surface area contributed by atoms with Gasteiger partial charge in [-0.3, -0.25) is 19.2 Å². The average Bonchev–Trinajstić information content (AvgIpc) is 2.67. The largest absolute Gasteiger partial charge is 0.480 e. The average molecular weight is 460 g/mol. The van der Waals surface area contributed by atoms with E-state index in [1.807, 2.05) is 0 Å². The maximum absolute atomic E-state index is 12.9. The van der Waals surface area contributed by atoms with Crippen molar-refractivity contribution in [1.29, 1.82) is 0 Å². The number of nitrogens with two attached hydrogens (primary N) is 2. The van der Waals surface area contributed by atoms with E-state index in [-0.39, 0.29) is 18.3 Å². The van der Waals surface area contributed by atoms with Gasteiger partial charge in [-0.2, -0.15) is 0 Å². The minimum atomic E-state index is -1.46. The standard InChI is InChI=1S/C20H37N5O7/c1-6-10(4)15(24-17(28)12(21)8-14(22)27)18(29)25-16(11(5)26)19(30)23-13(20(31)32)7-9(2)3/h9-13,15-16,26H,6-8,21H2,1-5H3,(H2,22,27)(H,23,30)(H,24,28)(H,25,29)(H,31,32)/t10-,11+,12-,13-,15-,16-/m0/s1. The van der Waals surface area contributed by atoms with Gasteiger partial charge in [0.05, 0.1) is 18.6 Å². The fraction of sp³-hybridized carbons (Fsp3) is 0.750. The number of carboxylic acids is 1. The zero-order valence-corrected chi connectivity index (χ0v) is 19.3. The number of amides is 4. The van der Waals surface area contributed by atoms with Gasteiger partial charge in [-0.05, 0) is 25.2 Å². The molecule has 9 N–H and O–H groups in total. The molecule has 0 saturated heterocycles. The van der Waals surface area contributed by atoms with Gasteiger partial charge in [-0.25, -0.2) is 4.79 Å². The van der Waals surface area contributed by atoms with E-state index in [9.17, 15) is 34.2 Å². The molecule has 0 aliphatic rings. The molecule has 0 aromatic heterocycles. The van der Waals surface area contributed by atoms with Crippen LogP contribution < -0.4 is 27.4 Å². The molecule has 0 bridgehead atoms. The molecule has 12 heteroatoms. The maximum Gasteiger partial charge on any atom is 0.326 e. The molecule has 0 aromatic rings. The molecule has 0 unspecified atom stereocenters. The Morgan fingerprint density at radius 1 is 0.875 bits per heavy atom. The van der Waals surface area contributed by atoms with Crippen molar-refractivity contribution < 1.29 is 34.2 Å². The Bertz CT molecular complexity index is 683. The highest BCUT2D eigenvalue weighted by molar-refractivity contribution is 5.95. The second-order valence-electron chi connectivity index (χ2n) is 8.40. The van der Waals surface area contributed by atoms with Crippen LogP contribution in [-0.4, -0.2) is 70.1 Å². The van der Waals surface area contributed by atoms with E-state index in [0.717, 1.165) is 0 Å². The number of carbonyl (C=O) groups is 5. The third-order valence-corrected chi connectivity index (χ3v) is 4.94. The van der Waals surface area contributed by atoms with Gasteiger partial charge in [0.2, 0.25) is 23.6 Å². The number of aliphatic carboxylic acids is 1. The molecule has 12 nitrogen and oxygen atoms in total. The van der Waals surface area contributed by atoms with Crippen molar-refractivity contribution in [2.75, 3.05) is 0 Å². The lowest BCUT2D eigenvalue weighted by Crippen LogP contribution is -2.61. The molecule has 0 aliphatic heterocycles. The highest BCUT2D eigenvalue weighted by atomic mass is 16.4. The molecule has 0 spiro atoms. The van der Waals surface area contributed by atoms with E-state index in [1.54, 1.807) is 27.7 Å². The minimum absolute atomic E-state index is 0.0226. The van der Waals surface area contributed by atoms with Gasteiger partial charge < -0.3 is 37.6 Å². The van der Waals surface area contributed by atoms with E-state index in [2.05, 4.69) is 16.0 Å². The third-order valence-electron chi connectivity index (χ3n) is 4.94. The summed E-state index contributed by atoms with van der Waals surface area (Å²) in [6.45, 7) is 8.31. The monoisotopic (exact) mass is 459 g/mol. The van der Waals surface area contributed by atoms with Gasteiger partial charge in [0.1, 0.15) is 18.1 Å². The summed E-state index contributed by atoms with van der Waals surface area (Å²) in [7, 11) is 0. The molecule has 6 atom stereocenters. The second kappa shape index (κ2) is 13.6. The Morgan fingerprint density at radius 2 is 1.38 bits per heavy atom. The van der Waals surface area contributed by atoms with Crippen LogP contribution in [0.15, 0.2) is 0 Å². The lowest BCUT2D eigenvalue weighted by atomic mass is 9.97. The van der Waals surface area contributed by atoms with Crippen molar-refractivity contribution in [3.05, 3.63) is 0 Å². The fourth-order valence-corrected chi connectivity index (χ4v) is 2.87. The Hall–Kier alpha value is -2.73. The summed E-state index contributed by atoms with van der Waals surface area (Å²) in [6.07, 6.45) is -1.13. The smallest absolute Gasteiger partial charge is 0.326 e. The quantitative estimate of drug-likeness (QED) is 0.157. The first-order valence-corrected chi connectivity index (χ1v) is 10.6. The molecule has 0 aliphatic carbocycles. The maximum atomic E-state index is 12.9. The van der Waals surface area contributed by atoms with Crippen LogP contribution in [0.2, 0.25) is 0 Å². The van der Waals surface area contributed by atoms with Gasteiger partial charge in [0, 0.05) is 0 Å². The number of hydrogen-bond acceptors (Lipinski definition) is 7. The molecule has 32 heavy (non-hydrogen) atoms. The van der Waals surface area contributed by atoms with Gasteiger partial charge in [-0.15, -0.1) is 0 Å². The van der Waals surface area contributed by atoms with Crippen molar-refractivity contribution >= 4 is 29.6 Å². The van der Waals surface area contributed by atoms with Crippen molar-refractivity contribution in [1.82, 2.24) is 16.0 Å². The predicted octanol–water partition coefficient (Wildman–Crippen LogP) is -1.80. The summed E-state index contributed by atoms with van der Waals surface area (Å²) in [6, 6.07) is -5.03. The van der Waals surface area contributed by atoms with Gasteiger partial charge >= 0.3 is 5.97 Å². The molecule has 0 radical (unpaired) electrons. The number of aliphatic hydroxyl groups is 1. The van der Waals surface area contributed by atoms with Crippen LogP contribution in [0.5, 0.6) is 0 Å². The van der Waals surface area contributed by atoms with Crippen LogP contribution in [0.1, 0.15) is 53.9 Å². The molecular weight excluding hydrogens is 422 g/mol. The van der Waals surface area contributed by atoms with Crippen LogP contribution in [0.3, 0.4) is 0 Å². The molecule has 0 aromatic carbocycles. The van der Waals surface area contributed by atoms with Crippen molar-refractivity contribution in [2.24, 2.45) is 23.3 Å². The van der Waals surface area contributed by atoms with E-state index in [0.29, 0.717) is 6.42 Å². The van der Waals surface area contributed by atoms with Crippen LogP contribution in [0, 0.1) is 11.8 Å². The zero-order chi connectivity index (χ0) is 25.2. The first kappa shape index (κ1) is 29.3. The lowest BCUT2D eigenvalue weighted by molar-refractivity contribution is -0.143. The normalized spacial score (nSPS) is 16.8. The van der Waals surface area contributed by atoms with Crippen molar-refractivity contribution in [3.8, 4) is 0 Å².